The summed E-state index contributed by atoms with van der Waals surface area (Å²) in [5, 5.41) is 0. The summed E-state index contributed by atoms with van der Waals surface area (Å²) in [6.45, 7) is 5.25. The Morgan fingerprint density at radius 2 is 1.41 bits per heavy atom. The first-order chi connectivity index (χ1) is 10.8. The van der Waals surface area contributed by atoms with E-state index >= 15 is 0 Å². The Morgan fingerprint density at radius 3 is 2.00 bits per heavy atom. The third-order valence-corrected chi connectivity index (χ3v) is 4.70. The minimum atomic E-state index is 0.430. The number of hydrogen-bond donors (Lipinski definition) is 0. The molecule has 1 aliphatic rings. The maximum absolute atomic E-state index is 6.24. The molecular weight excluding hydrogens is 292 g/mol. The Morgan fingerprint density at radius 1 is 0.818 bits per heavy atom. The molecule has 0 N–H and O–H groups in total. The Bertz CT molecular complexity index is 558. The van der Waals surface area contributed by atoms with Gasteiger partial charge in [0.25, 0.3) is 0 Å². The zero-order valence-electron chi connectivity index (χ0n) is 12.9. The van der Waals surface area contributed by atoms with Crippen molar-refractivity contribution in [1.82, 2.24) is 9.80 Å². The molecule has 2 aromatic rings. The van der Waals surface area contributed by atoms with Crippen LogP contribution >= 0.6 is 11.6 Å². The van der Waals surface area contributed by atoms with Gasteiger partial charge in [0.1, 0.15) is 0 Å². The lowest BCUT2D eigenvalue weighted by Crippen LogP contribution is -2.53. The van der Waals surface area contributed by atoms with Gasteiger partial charge >= 0.3 is 0 Å². The van der Waals surface area contributed by atoms with E-state index in [2.05, 4.69) is 70.5 Å². The van der Waals surface area contributed by atoms with Crippen LogP contribution in [0, 0.1) is 0 Å². The van der Waals surface area contributed by atoms with Crippen LogP contribution in [0.1, 0.15) is 11.1 Å². The first-order valence-electron chi connectivity index (χ1n) is 7.95. The lowest BCUT2D eigenvalue weighted by molar-refractivity contribution is 0.0749. The molecular formula is C19H23ClN2. The van der Waals surface area contributed by atoms with Crippen LogP contribution in [0.2, 0.25) is 0 Å². The molecule has 0 aliphatic carbocycles. The summed E-state index contributed by atoms with van der Waals surface area (Å²) in [5.41, 5.74) is 2.75. The van der Waals surface area contributed by atoms with E-state index in [1.807, 2.05) is 0 Å². The molecule has 116 valence electrons. The van der Waals surface area contributed by atoms with Gasteiger partial charge in [0.05, 0.1) is 0 Å². The fraction of sp³-hybridized carbons (Fsp3) is 0.368. The van der Waals surface area contributed by atoms with E-state index in [0.29, 0.717) is 11.9 Å². The minimum Gasteiger partial charge on any atom is -0.296 e. The van der Waals surface area contributed by atoms with Crippen molar-refractivity contribution in [3.05, 3.63) is 71.8 Å². The van der Waals surface area contributed by atoms with E-state index in [1.165, 1.54) is 11.1 Å². The summed E-state index contributed by atoms with van der Waals surface area (Å²) < 4.78 is 0. The molecule has 3 rings (SSSR count). The zero-order valence-corrected chi connectivity index (χ0v) is 13.6. The van der Waals surface area contributed by atoms with Crippen LogP contribution in [0.5, 0.6) is 0 Å². The van der Waals surface area contributed by atoms with E-state index in [-0.39, 0.29) is 0 Å². The van der Waals surface area contributed by atoms with Crippen LogP contribution in [-0.4, -0.2) is 41.4 Å². The molecule has 0 amide bonds. The Balaban J connectivity index is 1.59. The van der Waals surface area contributed by atoms with Gasteiger partial charge in [-0.15, -0.1) is 11.6 Å². The number of hydrogen-bond acceptors (Lipinski definition) is 2. The van der Waals surface area contributed by atoms with Crippen molar-refractivity contribution >= 4 is 11.6 Å². The van der Waals surface area contributed by atoms with Crippen LogP contribution in [0.4, 0.5) is 0 Å². The van der Waals surface area contributed by atoms with Crippen LogP contribution in [0.15, 0.2) is 60.7 Å². The Labute approximate surface area is 138 Å². The molecule has 1 atom stereocenters. The van der Waals surface area contributed by atoms with Crippen molar-refractivity contribution in [2.75, 3.05) is 25.5 Å². The number of benzene rings is 2. The molecule has 1 aliphatic heterocycles. The summed E-state index contributed by atoms with van der Waals surface area (Å²) in [7, 11) is 0. The summed E-state index contributed by atoms with van der Waals surface area (Å²) in [5.74, 6) is 0.693. The first kappa shape index (κ1) is 15.5. The van der Waals surface area contributed by atoms with Gasteiger partial charge in [0, 0.05) is 44.6 Å². The molecule has 0 aromatic heterocycles. The van der Waals surface area contributed by atoms with Crippen LogP contribution in [-0.2, 0) is 13.1 Å². The predicted molar refractivity (Wildman–Crippen MR) is 93.1 cm³/mol. The topological polar surface area (TPSA) is 6.48 Å². The van der Waals surface area contributed by atoms with E-state index in [1.54, 1.807) is 0 Å². The van der Waals surface area contributed by atoms with Gasteiger partial charge in [-0.05, 0) is 11.1 Å². The second-order valence-electron chi connectivity index (χ2n) is 5.98. The SMILES string of the molecule is ClC[C@H]1CN(Cc2ccccc2)CCN1Cc1ccccc1. The highest BCUT2D eigenvalue weighted by Gasteiger charge is 2.26. The molecule has 0 bridgehead atoms. The van der Waals surface area contributed by atoms with Crippen molar-refractivity contribution in [2.45, 2.75) is 19.1 Å². The largest absolute Gasteiger partial charge is 0.296 e. The quantitative estimate of drug-likeness (QED) is 0.778. The third-order valence-electron chi connectivity index (χ3n) is 4.34. The molecule has 0 saturated carbocycles. The molecule has 22 heavy (non-hydrogen) atoms. The van der Waals surface area contributed by atoms with Gasteiger partial charge in [0.2, 0.25) is 0 Å². The summed E-state index contributed by atoms with van der Waals surface area (Å²) in [6, 6.07) is 21.8. The fourth-order valence-electron chi connectivity index (χ4n) is 3.11. The monoisotopic (exact) mass is 314 g/mol. The maximum Gasteiger partial charge on any atom is 0.0392 e. The molecule has 0 spiro atoms. The van der Waals surface area contributed by atoms with Gasteiger partial charge in [-0.2, -0.15) is 0 Å². The van der Waals surface area contributed by atoms with E-state index < -0.39 is 0 Å². The molecule has 0 radical (unpaired) electrons. The van der Waals surface area contributed by atoms with Crippen molar-refractivity contribution < 1.29 is 0 Å². The highest BCUT2D eigenvalue weighted by molar-refractivity contribution is 6.18. The average molecular weight is 315 g/mol. The lowest BCUT2D eigenvalue weighted by atomic mass is 10.1. The highest BCUT2D eigenvalue weighted by atomic mass is 35.5. The fourth-order valence-corrected chi connectivity index (χ4v) is 3.41. The van der Waals surface area contributed by atoms with Gasteiger partial charge < -0.3 is 0 Å². The van der Waals surface area contributed by atoms with Crippen molar-refractivity contribution in [1.29, 1.82) is 0 Å². The van der Waals surface area contributed by atoms with Gasteiger partial charge in [-0.3, -0.25) is 9.80 Å². The molecule has 1 fully saturated rings. The van der Waals surface area contributed by atoms with E-state index in [4.69, 9.17) is 11.6 Å². The minimum absolute atomic E-state index is 0.430. The van der Waals surface area contributed by atoms with Crippen LogP contribution in [0.3, 0.4) is 0 Å². The maximum atomic E-state index is 6.24. The standard InChI is InChI=1S/C19H23ClN2/c20-13-19-16-21(14-17-7-3-1-4-8-17)11-12-22(19)15-18-9-5-2-6-10-18/h1-10,19H,11-16H2/t19-/m0/s1. The third kappa shape index (κ3) is 4.10. The zero-order chi connectivity index (χ0) is 15.2. The van der Waals surface area contributed by atoms with Crippen molar-refractivity contribution in [3.8, 4) is 0 Å². The van der Waals surface area contributed by atoms with Crippen molar-refractivity contribution in [3.63, 3.8) is 0 Å². The summed E-state index contributed by atoms with van der Waals surface area (Å²) in [6.07, 6.45) is 0. The van der Waals surface area contributed by atoms with Crippen LogP contribution < -0.4 is 0 Å². The molecule has 2 aromatic carbocycles. The van der Waals surface area contributed by atoms with Gasteiger partial charge in [0.15, 0.2) is 0 Å². The Hall–Kier alpha value is -1.35. The second-order valence-corrected chi connectivity index (χ2v) is 6.29. The van der Waals surface area contributed by atoms with Crippen molar-refractivity contribution in [2.24, 2.45) is 0 Å². The number of halogens is 1. The molecule has 3 heteroatoms. The number of alkyl halides is 1. The normalized spacial score (nSPS) is 20.1. The van der Waals surface area contributed by atoms with Gasteiger partial charge in [-0.25, -0.2) is 0 Å². The van der Waals surface area contributed by atoms with E-state index in [9.17, 15) is 0 Å². The molecule has 0 unspecified atom stereocenters. The Kier molecular flexibility index (Phi) is 5.49. The number of rotatable bonds is 5. The second kappa shape index (κ2) is 7.77. The number of nitrogens with zero attached hydrogens (tertiary/aromatic N) is 2. The number of piperazine rings is 1. The summed E-state index contributed by atoms with van der Waals surface area (Å²) >= 11 is 6.24. The average Bonchev–Trinajstić information content (AvgIpc) is 2.58. The smallest absolute Gasteiger partial charge is 0.0392 e. The first-order valence-corrected chi connectivity index (χ1v) is 8.49. The molecule has 1 heterocycles. The molecule has 2 nitrogen and oxygen atoms in total. The lowest BCUT2D eigenvalue weighted by Gasteiger charge is -2.40. The summed E-state index contributed by atoms with van der Waals surface area (Å²) in [4.78, 5) is 5.04. The predicted octanol–water partition coefficient (Wildman–Crippen LogP) is 3.61. The van der Waals surface area contributed by atoms with E-state index in [0.717, 1.165) is 32.7 Å². The highest BCUT2D eigenvalue weighted by Crippen LogP contribution is 2.17. The molecule has 1 saturated heterocycles. The van der Waals surface area contributed by atoms with Crippen LogP contribution in [0.25, 0.3) is 0 Å². The van der Waals surface area contributed by atoms with Gasteiger partial charge in [-0.1, -0.05) is 60.7 Å².